The van der Waals surface area contributed by atoms with Gasteiger partial charge >= 0.3 is 0 Å². The van der Waals surface area contributed by atoms with Crippen LogP contribution in [0.5, 0.6) is 0 Å². The van der Waals surface area contributed by atoms with E-state index in [1.807, 2.05) is 37.3 Å². The summed E-state index contributed by atoms with van der Waals surface area (Å²) in [6.45, 7) is 7.51. The summed E-state index contributed by atoms with van der Waals surface area (Å²) >= 11 is 1.46. The van der Waals surface area contributed by atoms with Crippen molar-refractivity contribution in [2.75, 3.05) is 18.4 Å². The van der Waals surface area contributed by atoms with Crippen LogP contribution in [0.3, 0.4) is 0 Å². The van der Waals surface area contributed by atoms with Crippen molar-refractivity contribution < 1.29 is 4.79 Å². The zero-order chi connectivity index (χ0) is 19.2. The molecule has 0 aliphatic carbocycles. The molecule has 0 bridgehead atoms. The molecule has 3 aromatic rings. The minimum absolute atomic E-state index is 0.0410. The van der Waals surface area contributed by atoms with Gasteiger partial charge in [-0.2, -0.15) is 0 Å². The van der Waals surface area contributed by atoms with Crippen LogP contribution in [0.1, 0.15) is 32.9 Å². The van der Waals surface area contributed by atoms with Gasteiger partial charge in [-0.05, 0) is 44.9 Å². The first-order valence-corrected chi connectivity index (χ1v) is 9.98. The molecule has 2 aromatic carbocycles. The lowest BCUT2D eigenvalue weighted by molar-refractivity contribution is 0.0957. The molecule has 2 N–H and O–H groups in total. The third kappa shape index (κ3) is 4.95. The van der Waals surface area contributed by atoms with Crippen LogP contribution >= 0.6 is 11.3 Å². The molecule has 0 radical (unpaired) electrons. The number of nitrogens with one attached hydrogen (secondary N) is 2. The quantitative estimate of drug-likeness (QED) is 0.570. The van der Waals surface area contributed by atoms with Crippen molar-refractivity contribution in [3.05, 3.63) is 70.2 Å². The van der Waals surface area contributed by atoms with Gasteiger partial charge in [-0.1, -0.05) is 42.0 Å². The van der Waals surface area contributed by atoms with Crippen molar-refractivity contribution >= 4 is 22.9 Å². The smallest absolute Gasteiger partial charge is 0.263 e. The monoisotopic (exact) mass is 379 g/mol. The Morgan fingerprint density at radius 2 is 1.81 bits per heavy atom. The molecule has 0 saturated carbocycles. The van der Waals surface area contributed by atoms with Crippen LogP contribution in [0.2, 0.25) is 0 Å². The number of carbonyl (C=O) groups excluding carboxylic acids is 1. The standard InChI is InChI=1S/C22H25N3OS/c1-15-10-11-19(16(2)14-15)22-25-17(3)20(27-22)21(26)24-13-7-12-23-18-8-5-4-6-9-18/h4-6,8-11,14,23H,7,12-13H2,1-3H3,(H,24,26). The van der Waals surface area contributed by atoms with Gasteiger partial charge in [0.2, 0.25) is 0 Å². The maximum atomic E-state index is 12.5. The zero-order valence-electron chi connectivity index (χ0n) is 16.0. The number of thiazole rings is 1. The number of benzene rings is 2. The molecule has 0 spiro atoms. The minimum Gasteiger partial charge on any atom is -0.385 e. The van der Waals surface area contributed by atoms with Crippen molar-refractivity contribution in [1.29, 1.82) is 0 Å². The van der Waals surface area contributed by atoms with E-state index in [1.54, 1.807) is 0 Å². The van der Waals surface area contributed by atoms with Gasteiger partial charge in [0.25, 0.3) is 5.91 Å². The van der Waals surface area contributed by atoms with Gasteiger partial charge in [0.1, 0.15) is 9.88 Å². The lowest BCUT2D eigenvalue weighted by Gasteiger charge is -2.07. The maximum absolute atomic E-state index is 12.5. The Morgan fingerprint density at radius 1 is 1.04 bits per heavy atom. The number of amides is 1. The van der Waals surface area contributed by atoms with Gasteiger partial charge in [0, 0.05) is 24.3 Å². The van der Waals surface area contributed by atoms with E-state index in [-0.39, 0.29) is 5.91 Å². The molecule has 140 valence electrons. The van der Waals surface area contributed by atoms with E-state index in [1.165, 1.54) is 22.5 Å². The van der Waals surface area contributed by atoms with Crippen LogP contribution in [0, 0.1) is 20.8 Å². The predicted octanol–water partition coefficient (Wildman–Crippen LogP) is 4.97. The summed E-state index contributed by atoms with van der Waals surface area (Å²) in [6, 6.07) is 16.4. The highest BCUT2D eigenvalue weighted by atomic mass is 32.1. The second kappa shape index (κ2) is 8.82. The van der Waals surface area contributed by atoms with Gasteiger partial charge < -0.3 is 10.6 Å². The number of carbonyl (C=O) groups is 1. The van der Waals surface area contributed by atoms with Crippen molar-refractivity contribution in [2.24, 2.45) is 0 Å². The first kappa shape index (κ1) is 19.1. The van der Waals surface area contributed by atoms with E-state index >= 15 is 0 Å². The first-order valence-electron chi connectivity index (χ1n) is 9.17. The average molecular weight is 380 g/mol. The summed E-state index contributed by atoms with van der Waals surface area (Å²) in [5.41, 5.74) is 5.39. The molecule has 0 saturated heterocycles. The van der Waals surface area contributed by atoms with Crippen LogP contribution in [-0.4, -0.2) is 24.0 Å². The average Bonchev–Trinajstić information content (AvgIpc) is 3.03. The van der Waals surface area contributed by atoms with E-state index in [0.717, 1.165) is 34.9 Å². The van der Waals surface area contributed by atoms with Crippen LogP contribution < -0.4 is 10.6 Å². The number of rotatable bonds is 7. The maximum Gasteiger partial charge on any atom is 0.263 e. The molecule has 0 aliphatic heterocycles. The summed E-state index contributed by atoms with van der Waals surface area (Å²) in [7, 11) is 0. The molecule has 0 aliphatic rings. The molecule has 1 heterocycles. The van der Waals surface area contributed by atoms with Crippen molar-refractivity contribution in [3.8, 4) is 10.6 Å². The fourth-order valence-corrected chi connectivity index (χ4v) is 4.01. The molecule has 0 unspecified atom stereocenters. The SMILES string of the molecule is Cc1ccc(-c2nc(C)c(C(=O)NCCCNc3ccccc3)s2)c(C)c1. The highest BCUT2D eigenvalue weighted by molar-refractivity contribution is 7.17. The van der Waals surface area contributed by atoms with Crippen molar-refractivity contribution in [1.82, 2.24) is 10.3 Å². The van der Waals surface area contributed by atoms with Crippen molar-refractivity contribution in [2.45, 2.75) is 27.2 Å². The molecule has 3 rings (SSSR count). The third-order valence-corrected chi connectivity index (χ3v) is 5.55. The Morgan fingerprint density at radius 3 is 2.56 bits per heavy atom. The van der Waals surface area contributed by atoms with Crippen LogP contribution in [0.25, 0.3) is 10.6 Å². The third-order valence-electron chi connectivity index (χ3n) is 4.36. The summed E-state index contributed by atoms with van der Waals surface area (Å²) in [5, 5.41) is 7.25. The van der Waals surface area contributed by atoms with E-state index in [4.69, 9.17) is 0 Å². The molecule has 27 heavy (non-hydrogen) atoms. The summed E-state index contributed by atoms with van der Waals surface area (Å²) in [6.07, 6.45) is 0.864. The topological polar surface area (TPSA) is 54.0 Å². The zero-order valence-corrected chi connectivity index (χ0v) is 16.8. The van der Waals surface area contributed by atoms with Gasteiger partial charge in [0.05, 0.1) is 5.69 Å². The number of hydrogen-bond acceptors (Lipinski definition) is 4. The number of para-hydroxylation sites is 1. The summed E-state index contributed by atoms with van der Waals surface area (Å²) in [4.78, 5) is 17.8. The second-order valence-corrected chi connectivity index (χ2v) is 7.65. The van der Waals surface area contributed by atoms with Crippen molar-refractivity contribution in [3.63, 3.8) is 0 Å². The molecular weight excluding hydrogens is 354 g/mol. The molecule has 1 amide bonds. The number of aryl methyl sites for hydroxylation is 3. The fraction of sp³-hybridized carbons (Fsp3) is 0.273. The lowest BCUT2D eigenvalue weighted by atomic mass is 10.1. The Bertz CT molecular complexity index is 919. The number of hydrogen-bond donors (Lipinski definition) is 2. The molecule has 1 aromatic heterocycles. The summed E-state index contributed by atoms with van der Waals surface area (Å²) < 4.78 is 0. The Balaban J connectivity index is 1.55. The van der Waals surface area contributed by atoms with E-state index in [0.29, 0.717) is 11.4 Å². The first-order chi connectivity index (χ1) is 13.0. The van der Waals surface area contributed by atoms with Gasteiger partial charge in [-0.3, -0.25) is 4.79 Å². The minimum atomic E-state index is -0.0410. The molecule has 0 fully saturated rings. The van der Waals surface area contributed by atoms with Crippen LogP contribution in [0.4, 0.5) is 5.69 Å². The number of nitrogens with zero attached hydrogens (tertiary/aromatic N) is 1. The van der Waals surface area contributed by atoms with Gasteiger partial charge in [0.15, 0.2) is 0 Å². The lowest BCUT2D eigenvalue weighted by Crippen LogP contribution is -2.25. The second-order valence-electron chi connectivity index (χ2n) is 6.65. The highest BCUT2D eigenvalue weighted by Gasteiger charge is 2.16. The molecule has 0 atom stereocenters. The fourth-order valence-electron chi connectivity index (χ4n) is 2.94. The van der Waals surface area contributed by atoms with Gasteiger partial charge in [-0.15, -0.1) is 11.3 Å². The number of aromatic nitrogens is 1. The Hall–Kier alpha value is -2.66. The Labute approximate surface area is 164 Å². The predicted molar refractivity (Wildman–Crippen MR) is 114 cm³/mol. The molecular formula is C22H25N3OS. The normalized spacial score (nSPS) is 10.6. The van der Waals surface area contributed by atoms with E-state index in [9.17, 15) is 4.79 Å². The van der Waals surface area contributed by atoms with E-state index in [2.05, 4.69) is 47.7 Å². The van der Waals surface area contributed by atoms with Crippen LogP contribution in [-0.2, 0) is 0 Å². The van der Waals surface area contributed by atoms with Crippen LogP contribution in [0.15, 0.2) is 48.5 Å². The van der Waals surface area contributed by atoms with Gasteiger partial charge in [-0.25, -0.2) is 4.98 Å². The Kier molecular flexibility index (Phi) is 6.24. The van der Waals surface area contributed by atoms with E-state index < -0.39 is 0 Å². The summed E-state index contributed by atoms with van der Waals surface area (Å²) in [5.74, 6) is -0.0410. The largest absolute Gasteiger partial charge is 0.385 e. The number of anilines is 1. The molecule has 4 nitrogen and oxygen atoms in total. The highest BCUT2D eigenvalue weighted by Crippen LogP contribution is 2.30. The molecule has 5 heteroatoms.